The number of anilines is 3. The van der Waals surface area contributed by atoms with Crippen molar-refractivity contribution in [2.45, 2.75) is 26.0 Å². The normalized spacial score (nSPS) is 19.3. The third kappa shape index (κ3) is 8.19. The summed E-state index contributed by atoms with van der Waals surface area (Å²) in [5, 5.41) is 7.96. The summed E-state index contributed by atoms with van der Waals surface area (Å²) in [4.78, 5) is 42.5. The van der Waals surface area contributed by atoms with Crippen LogP contribution in [-0.2, 0) is 4.74 Å². The van der Waals surface area contributed by atoms with Crippen LogP contribution in [-0.4, -0.2) is 73.8 Å². The average Bonchev–Trinajstić information content (AvgIpc) is 2.96. The molecule has 10 nitrogen and oxygen atoms in total. The summed E-state index contributed by atoms with van der Waals surface area (Å²) in [6.07, 6.45) is -0.401. The van der Waals surface area contributed by atoms with Crippen molar-refractivity contribution < 1.29 is 32.6 Å². The summed E-state index contributed by atoms with van der Waals surface area (Å²) in [7, 11) is 3.20. The molecule has 12 heteroatoms. The van der Waals surface area contributed by atoms with Crippen LogP contribution in [0.5, 0.6) is 5.75 Å². The van der Waals surface area contributed by atoms with Crippen molar-refractivity contribution in [1.29, 1.82) is 0 Å². The number of carbonyl (C=O) groups excluding carboxylic acids is 3. The lowest BCUT2D eigenvalue weighted by Gasteiger charge is -2.36. The minimum Gasteiger partial charge on any atom is -0.491 e. The maximum absolute atomic E-state index is 13.8. The molecule has 0 bridgehead atoms. The van der Waals surface area contributed by atoms with E-state index in [2.05, 4.69) is 16.0 Å². The van der Waals surface area contributed by atoms with Gasteiger partial charge in [0.15, 0.2) is 0 Å². The van der Waals surface area contributed by atoms with Gasteiger partial charge in [-0.3, -0.25) is 4.79 Å². The molecule has 3 N–H and O–H groups in total. The molecule has 3 aromatic carbocycles. The Hall–Kier alpha value is -4.71. The third-order valence-electron chi connectivity index (χ3n) is 7.12. The zero-order chi connectivity index (χ0) is 31.1. The summed E-state index contributed by atoms with van der Waals surface area (Å²) in [6, 6.07) is 14.1. The van der Waals surface area contributed by atoms with Crippen LogP contribution in [0.25, 0.3) is 0 Å². The molecule has 3 atom stereocenters. The second-order valence-corrected chi connectivity index (χ2v) is 10.5. The van der Waals surface area contributed by atoms with Crippen molar-refractivity contribution >= 4 is 35.0 Å². The number of urea groups is 2. The molecule has 0 saturated heterocycles. The van der Waals surface area contributed by atoms with Crippen molar-refractivity contribution in [2.24, 2.45) is 5.92 Å². The molecule has 3 aromatic rings. The van der Waals surface area contributed by atoms with E-state index in [0.29, 0.717) is 11.4 Å². The highest BCUT2D eigenvalue weighted by Crippen LogP contribution is 2.27. The fourth-order valence-corrected chi connectivity index (χ4v) is 4.75. The lowest BCUT2D eigenvalue weighted by molar-refractivity contribution is 0.0174. The molecule has 0 aromatic heterocycles. The number of fused-ring (bicyclic) bond motifs is 1. The molecule has 0 fully saturated rings. The Morgan fingerprint density at radius 1 is 0.884 bits per heavy atom. The second kappa shape index (κ2) is 14.0. The third-order valence-corrected chi connectivity index (χ3v) is 7.12. The van der Waals surface area contributed by atoms with Crippen LogP contribution in [0.1, 0.15) is 24.2 Å². The van der Waals surface area contributed by atoms with Gasteiger partial charge in [-0.05, 0) is 55.5 Å². The summed E-state index contributed by atoms with van der Waals surface area (Å²) in [5.41, 5.74) is 1.16. The maximum Gasteiger partial charge on any atom is 0.323 e. The summed E-state index contributed by atoms with van der Waals surface area (Å²) in [6.45, 7) is 4.23. The summed E-state index contributed by atoms with van der Waals surface area (Å²) < 4.78 is 39.1. The van der Waals surface area contributed by atoms with Gasteiger partial charge in [-0.2, -0.15) is 0 Å². The smallest absolute Gasteiger partial charge is 0.323 e. The number of nitrogens with zero attached hydrogens (tertiary/aromatic N) is 2. The first-order chi connectivity index (χ1) is 20.5. The standard InChI is InChI=1S/C31H35F2N5O5/c1-19-16-38(31(41)36-24-10-6-8-22(33)14-24)20(2)18-43-27-15-25(35-30(40)34-23-9-5-7-21(32)13-23)11-12-26(27)29(39)37(3)17-28(19)42-4/h5-15,19-20,28H,16-18H2,1-4H3,(H,36,41)(H2,34,35,40)/t19-,20-,28-/m1/s1. The molecule has 0 radical (unpaired) electrons. The van der Waals surface area contributed by atoms with Gasteiger partial charge in [-0.15, -0.1) is 0 Å². The highest BCUT2D eigenvalue weighted by atomic mass is 19.1. The number of amides is 5. The van der Waals surface area contributed by atoms with E-state index >= 15 is 0 Å². The zero-order valence-corrected chi connectivity index (χ0v) is 24.4. The van der Waals surface area contributed by atoms with E-state index in [4.69, 9.17) is 9.47 Å². The molecule has 0 saturated carbocycles. The summed E-state index contributed by atoms with van der Waals surface area (Å²) >= 11 is 0. The Bertz CT molecular complexity index is 1470. The van der Waals surface area contributed by atoms with Crippen LogP contribution >= 0.6 is 0 Å². The highest BCUT2D eigenvalue weighted by molar-refractivity contribution is 6.01. The van der Waals surface area contributed by atoms with Crippen molar-refractivity contribution in [3.8, 4) is 5.75 Å². The molecule has 1 heterocycles. The number of hydrogen-bond acceptors (Lipinski definition) is 5. The van der Waals surface area contributed by atoms with Crippen LogP contribution in [0.15, 0.2) is 66.7 Å². The highest BCUT2D eigenvalue weighted by Gasteiger charge is 2.30. The Morgan fingerprint density at radius 2 is 1.49 bits per heavy atom. The zero-order valence-electron chi connectivity index (χ0n) is 24.4. The number of carbonyl (C=O) groups is 3. The maximum atomic E-state index is 13.8. The topological polar surface area (TPSA) is 112 Å². The van der Waals surface area contributed by atoms with Crippen molar-refractivity contribution in [2.75, 3.05) is 49.8 Å². The lowest BCUT2D eigenvalue weighted by atomic mass is 10.0. The number of likely N-dealkylation sites (N-methyl/N-ethyl adjacent to an activating group) is 1. The number of rotatable bonds is 4. The number of hydrogen-bond donors (Lipinski definition) is 3. The Morgan fingerprint density at radius 3 is 2.09 bits per heavy atom. The number of methoxy groups -OCH3 is 1. The van der Waals surface area contributed by atoms with Gasteiger partial charge in [0.1, 0.15) is 24.0 Å². The van der Waals surface area contributed by atoms with Gasteiger partial charge in [-0.1, -0.05) is 19.1 Å². The van der Waals surface area contributed by atoms with Crippen molar-refractivity contribution in [3.63, 3.8) is 0 Å². The Balaban J connectivity index is 1.59. The Labute approximate surface area is 248 Å². The number of benzene rings is 3. The minimum atomic E-state index is -0.618. The van der Waals surface area contributed by atoms with Crippen LogP contribution in [0.3, 0.4) is 0 Å². The van der Waals surface area contributed by atoms with Gasteiger partial charge < -0.3 is 35.2 Å². The van der Waals surface area contributed by atoms with E-state index < -0.39 is 35.8 Å². The Kier molecular flexibility index (Phi) is 10.1. The van der Waals surface area contributed by atoms with E-state index in [1.165, 1.54) is 47.4 Å². The van der Waals surface area contributed by atoms with Crippen LogP contribution in [0.4, 0.5) is 35.4 Å². The molecule has 4 rings (SSSR count). The van der Waals surface area contributed by atoms with Gasteiger partial charge in [0.25, 0.3) is 5.91 Å². The van der Waals surface area contributed by atoms with E-state index in [9.17, 15) is 23.2 Å². The molecule has 228 valence electrons. The molecule has 5 amide bonds. The van der Waals surface area contributed by atoms with Gasteiger partial charge in [0.05, 0.1) is 17.7 Å². The van der Waals surface area contributed by atoms with Gasteiger partial charge in [0.2, 0.25) is 0 Å². The fraction of sp³-hybridized carbons (Fsp3) is 0.323. The predicted molar refractivity (Wildman–Crippen MR) is 159 cm³/mol. The first-order valence-electron chi connectivity index (χ1n) is 13.8. The molecule has 1 aliphatic heterocycles. The minimum absolute atomic E-state index is 0.00385. The van der Waals surface area contributed by atoms with E-state index in [1.54, 1.807) is 50.2 Å². The van der Waals surface area contributed by atoms with Gasteiger partial charge >= 0.3 is 12.1 Å². The molecule has 1 aliphatic rings. The van der Waals surface area contributed by atoms with Gasteiger partial charge in [-0.25, -0.2) is 18.4 Å². The van der Waals surface area contributed by atoms with Crippen LogP contribution in [0, 0.1) is 17.6 Å². The summed E-state index contributed by atoms with van der Waals surface area (Å²) in [5.74, 6) is -1.27. The van der Waals surface area contributed by atoms with E-state index in [1.807, 2.05) is 6.92 Å². The number of ether oxygens (including phenoxy) is 2. The van der Waals surface area contributed by atoms with Crippen LogP contribution in [0.2, 0.25) is 0 Å². The fourth-order valence-electron chi connectivity index (χ4n) is 4.75. The first kappa shape index (κ1) is 31.2. The first-order valence-corrected chi connectivity index (χ1v) is 13.8. The molecule has 43 heavy (non-hydrogen) atoms. The van der Waals surface area contributed by atoms with E-state index in [-0.39, 0.29) is 48.5 Å². The van der Waals surface area contributed by atoms with E-state index in [0.717, 1.165) is 0 Å². The monoisotopic (exact) mass is 595 g/mol. The molecular formula is C31H35F2N5O5. The average molecular weight is 596 g/mol. The lowest BCUT2D eigenvalue weighted by Crippen LogP contribution is -2.50. The molecule has 0 unspecified atom stereocenters. The molecular weight excluding hydrogens is 560 g/mol. The van der Waals surface area contributed by atoms with Crippen molar-refractivity contribution in [3.05, 3.63) is 83.9 Å². The van der Waals surface area contributed by atoms with Gasteiger partial charge in [0, 0.05) is 56.3 Å². The predicted octanol–water partition coefficient (Wildman–Crippen LogP) is 5.65. The van der Waals surface area contributed by atoms with Crippen LogP contribution < -0.4 is 20.7 Å². The molecule has 0 spiro atoms. The quantitative estimate of drug-likeness (QED) is 0.361. The molecule has 0 aliphatic carbocycles. The SMILES string of the molecule is CO[C@@H]1CN(C)C(=O)c2ccc(NC(=O)Nc3cccc(F)c3)cc2OC[C@@H](C)N(C(=O)Nc2cccc(F)c2)C[C@H]1C. The largest absolute Gasteiger partial charge is 0.491 e. The second-order valence-electron chi connectivity index (χ2n) is 10.5. The number of nitrogens with one attached hydrogen (secondary N) is 3. The van der Waals surface area contributed by atoms with Crippen molar-refractivity contribution in [1.82, 2.24) is 9.80 Å². The number of halogens is 2.